The van der Waals surface area contributed by atoms with Crippen molar-refractivity contribution in [3.8, 4) is 5.75 Å². The Morgan fingerprint density at radius 2 is 1.86 bits per heavy atom. The Morgan fingerprint density at radius 3 is 2.41 bits per heavy atom. The van der Waals surface area contributed by atoms with Crippen LogP contribution in [0.25, 0.3) is 0 Å². The fourth-order valence-corrected chi connectivity index (χ4v) is 5.18. The summed E-state index contributed by atoms with van der Waals surface area (Å²) in [6.07, 6.45) is 0.585. The number of rotatable bonds is 8. The molecule has 1 aliphatic heterocycles. The summed E-state index contributed by atoms with van der Waals surface area (Å²) < 4.78 is 5.27. The van der Waals surface area contributed by atoms with E-state index in [1.54, 1.807) is 23.3 Å². The van der Waals surface area contributed by atoms with Crippen LogP contribution in [0, 0.1) is 5.92 Å². The second-order valence-corrected chi connectivity index (χ2v) is 9.27. The van der Waals surface area contributed by atoms with Crippen LogP contribution in [0.15, 0.2) is 41.8 Å². The Labute approximate surface area is 178 Å². The number of nitrogens with one attached hydrogen (secondary N) is 2. The van der Waals surface area contributed by atoms with Crippen LogP contribution in [0.4, 0.5) is 5.69 Å². The van der Waals surface area contributed by atoms with Gasteiger partial charge in [-0.3, -0.25) is 4.79 Å². The number of carbonyl (C=O) groups excluding carboxylic acids is 1. The van der Waals surface area contributed by atoms with Gasteiger partial charge in [0.15, 0.2) is 0 Å². The van der Waals surface area contributed by atoms with E-state index < -0.39 is 0 Å². The van der Waals surface area contributed by atoms with Gasteiger partial charge in [-0.1, -0.05) is 19.9 Å². The van der Waals surface area contributed by atoms with Crippen molar-refractivity contribution in [2.45, 2.75) is 39.3 Å². The summed E-state index contributed by atoms with van der Waals surface area (Å²) in [5.74, 6) is 1.43. The maximum atomic E-state index is 12.4. The van der Waals surface area contributed by atoms with Crippen LogP contribution >= 0.6 is 11.3 Å². The number of thiophene rings is 1. The van der Waals surface area contributed by atoms with E-state index in [0.717, 1.165) is 31.9 Å². The molecule has 2 heterocycles. The second kappa shape index (κ2) is 10.1. The third-order valence-electron chi connectivity index (χ3n) is 5.62. The summed E-state index contributed by atoms with van der Waals surface area (Å²) in [6, 6.07) is 13.0. The molecule has 0 bridgehead atoms. The number of anilines is 1. The number of hydrogen-bond donors (Lipinski definition) is 2. The van der Waals surface area contributed by atoms with Crippen molar-refractivity contribution in [3.05, 3.63) is 46.7 Å². The lowest BCUT2D eigenvalue weighted by atomic mass is 10.0. The summed E-state index contributed by atoms with van der Waals surface area (Å²) in [5.41, 5.74) is 1.25. The van der Waals surface area contributed by atoms with Gasteiger partial charge >= 0.3 is 0 Å². The molecule has 0 spiro atoms. The number of ether oxygens (including phenoxy) is 1. The summed E-state index contributed by atoms with van der Waals surface area (Å²) in [7, 11) is 1.70. The Kier molecular flexibility index (Phi) is 7.56. The van der Waals surface area contributed by atoms with Crippen LogP contribution < -0.4 is 19.9 Å². The number of methoxy groups -OCH3 is 1. The van der Waals surface area contributed by atoms with E-state index >= 15 is 0 Å². The third kappa shape index (κ3) is 5.73. The Balaban J connectivity index is 1.65. The fraction of sp³-hybridized carbons (Fsp3) is 0.522. The summed E-state index contributed by atoms with van der Waals surface area (Å²) in [5, 5.41) is 5.41. The molecule has 1 saturated heterocycles. The zero-order chi connectivity index (χ0) is 20.8. The molecule has 1 amide bonds. The van der Waals surface area contributed by atoms with Crippen LogP contribution in [0.1, 0.15) is 38.1 Å². The Hall–Kier alpha value is -2.05. The molecular weight excluding hydrogens is 382 g/mol. The van der Waals surface area contributed by atoms with Crippen LogP contribution in [0.2, 0.25) is 0 Å². The predicted molar refractivity (Wildman–Crippen MR) is 120 cm³/mol. The van der Waals surface area contributed by atoms with Gasteiger partial charge in [0.2, 0.25) is 5.91 Å². The highest BCUT2D eigenvalue weighted by atomic mass is 32.1. The van der Waals surface area contributed by atoms with Crippen molar-refractivity contribution in [2.75, 3.05) is 38.2 Å². The van der Waals surface area contributed by atoms with E-state index in [4.69, 9.17) is 4.74 Å². The lowest BCUT2D eigenvalue weighted by molar-refractivity contribution is -0.933. The van der Waals surface area contributed by atoms with E-state index in [-0.39, 0.29) is 11.9 Å². The zero-order valence-corrected chi connectivity index (χ0v) is 18.8. The number of carbonyl (C=O) groups is 1. The van der Waals surface area contributed by atoms with E-state index in [1.165, 1.54) is 10.6 Å². The predicted octanol–water partition coefficient (Wildman–Crippen LogP) is 2.75. The second-order valence-electron chi connectivity index (χ2n) is 8.29. The van der Waals surface area contributed by atoms with Crippen LogP contribution in [-0.2, 0) is 4.79 Å². The summed E-state index contributed by atoms with van der Waals surface area (Å²) in [6.45, 7) is 10.5. The number of benzene rings is 1. The average Bonchev–Trinajstić information content (AvgIpc) is 3.22. The van der Waals surface area contributed by atoms with Gasteiger partial charge in [0, 0.05) is 12.1 Å². The fourth-order valence-electron chi connectivity index (χ4n) is 4.19. The molecule has 3 rings (SSSR count). The molecule has 0 unspecified atom stereocenters. The van der Waals surface area contributed by atoms with Crippen LogP contribution in [0.3, 0.4) is 0 Å². The van der Waals surface area contributed by atoms with Gasteiger partial charge in [-0.2, -0.15) is 0 Å². The minimum Gasteiger partial charge on any atom is -0.497 e. The highest BCUT2D eigenvalue weighted by molar-refractivity contribution is 7.10. The van der Waals surface area contributed by atoms with Crippen molar-refractivity contribution in [2.24, 2.45) is 5.92 Å². The maximum absolute atomic E-state index is 12.4. The molecule has 1 aliphatic rings. The van der Waals surface area contributed by atoms with Gasteiger partial charge in [-0.05, 0) is 48.6 Å². The summed E-state index contributed by atoms with van der Waals surface area (Å²) in [4.78, 5) is 17.7. The normalized spacial score (nSPS) is 17.2. The topological polar surface area (TPSA) is 46.0 Å². The minimum atomic E-state index is 0.113. The first-order chi connectivity index (χ1) is 14.0. The van der Waals surface area contributed by atoms with Crippen molar-refractivity contribution in [3.63, 3.8) is 0 Å². The van der Waals surface area contributed by atoms with Gasteiger partial charge in [0.05, 0.1) is 44.2 Å². The molecule has 2 N–H and O–H groups in total. The molecule has 0 radical (unpaired) electrons. The largest absolute Gasteiger partial charge is 0.497 e. The molecule has 158 valence electrons. The number of piperazine rings is 1. The van der Waals surface area contributed by atoms with E-state index in [9.17, 15) is 4.79 Å². The van der Waals surface area contributed by atoms with E-state index in [0.29, 0.717) is 18.4 Å². The summed E-state index contributed by atoms with van der Waals surface area (Å²) >= 11 is 1.80. The number of nitrogens with zero attached hydrogens (tertiary/aromatic N) is 1. The van der Waals surface area contributed by atoms with Crippen molar-refractivity contribution in [1.29, 1.82) is 0 Å². The zero-order valence-electron chi connectivity index (χ0n) is 18.0. The monoisotopic (exact) mass is 416 g/mol. The van der Waals surface area contributed by atoms with Crippen molar-refractivity contribution >= 4 is 22.9 Å². The molecule has 2 atom stereocenters. The van der Waals surface area contributed by atoms with E-state index in [1.807, 2.05) is 12.1 Å². The van der Waals surface area contributed by atoms with Crippen molar-refractivity contribution < 1.29 is 14.4 Å². The van der Waals surface area contributed by atoms with Crippen LogP contribution in [-0.4, -0.2) is 45.2 Å². The first kappa shape index (κ1) is 21.7. The SMILES string of the molecule is COc1ccc(N2CC[NH+]([C@H](c3cccs3)[C@H](C)NC(=O)CC(C)C)CC2)cc1. The Morgan fingerprint density at radius 1 is 1.17 bits per heavy atom. The van der Waals surface area contributed by atoms with Gasteiger partial charge < -0.3 is 19.9 Å². The van der Waals surface area contributed by atoms with E-state index in [2.05, 4.69) is 60.6 Å². The molecule has 1 aromatic heterocycles. The highest BCUT2D eigenvalue weighted by Gasteiger charge is 2.34. The van der Waals surface area contributed by atoms with Gasteiger partial charge in [-0.25, -0.2) is 0 Å². The van der Waals surface area contributed by atoms with Gasteiger partial charge in [-0.15, -0.1) is 11.3 Å². The maximum Gasteiger partial charge on any atom is 0.220 e. The Bertz CT molecular complexity index is 753. The van der Waals surface area contributed by atoms with Gasteiger partial charge in [0.1, 0.15) is 11.8 Å². The molecular formula is C23H34N3O2S+. The quantitative estimate of drug-likeness (QED) is 0.696. The highest BCUT2D eigenvalue weighted by Crippen LogP contribution is 2.22. The van der Waals surface area contributed by atoms with Gasteiger partial charge in [0.25, 0.3) is 0 Å². The molecule has 1 fully saturated rings. The molecule has 1 aromatic carbocycles. The number of hydrogen-bond acceptors (Lipinski definition) is 4. The first-order valence-electron chi connectivity index (χ1n) is 10.5. The molecule has 0 aliphatic carbocycles. The minimum absolute atomic E-state index is 0.113. The molecule has 5 nitrogen and oxygen atoms in total. The van der Waals surface area contributed by atoms with Crippen LogP contribution in [0.5, 0.6) is 5.75 Å². The first-order valence-corrected chi connectivity index (χ1v) is 11.4. The molecule has 29 heavy (non-hydrogen) atoms. The smallest absolute Gasteiger partial charge is 0.220 e. The molecule has 0 saturated carbocycles. The molecule has 2 aromatic rings. The number of amides is 1. The molecule has 6 heteroatoms. The lowest BCUT2D eigenvalue weighted by Gasteiger charge is -2.39. The average molecular weight is 417 g/mol. The van der Waals surface area contributed by atoms with Crippen molar-refractivity contribution in [1.82, 2.24) is 5.32 Å². The third-order valence-corrected chi connectivity index (χ3v) is 6.57. The lowest BCUT2D eigenvalue weighted by Crippen LogP contribution is -3.16. The number of quaternary nitrogens is 1. The standard InChI is InChI=1S/C23H33N3O2S/c1-17(2)16-22(27)24-18(3)23(21-6-5-15-29-21)26-13-11-25(12-14-26)19-7-9-20(28-4)10-8-19/h5-10,15,17-18,23H,11-14,16H2,1-4H3,(H,24,27)/p+1/t18-,23-/m0/s1.